The molecule has 0 amide bonds. The van der Waals surface area contributed by atoms with Crippen LogP contribution in [-0.4, -0.2) is 18.9 Å². The Hall–Kier alpha value is -1.90. The van der Waals surface area contributed by atoms with Crippen LogP contribution in [0.25, 0.3) is 6.08 Å². The Morgan fingerprint density at radius 3 is 2.95 bits per heavy atom. The van der Waals surface area contributed by atoms with Crippen molar-refractivity contribution in [1.29, 1.82) is 0 Å². The van der Waals surface area contributed by atoms with Crippen molar-refractivity contribution in [1.82, 2.24) is 0 Å². The van der Waals surface area contributed by atoms with Gasteiger partial charge in [0, 0.05) is 12.3 Å². The van der Waals surface area contributed by atoms with Gasteiger partial charge in [0.2, 0.25) is 0 Å². The highest BCUT2D eigenvalue weighted by atomic mass is 16.5. The maximum Gasteiger partial charge on any atom is 0.337 e. The van der Waals surface area contributed by atoms with Crippen LogP contribution >= 0.6 is 0 Å². The van der Waals surface area contributed by atoms with Crippen molar-refractivity contribution in [3.8, 4) is 0 Å². The van der Waals surface area contributed by atoms with Crippen LogP contribution in [0.5, 0.6) is 0 Å². The first-order chi connectivity index (χ1) is 10.5. The minimum Gasteiger partial charge on any atom is -0.465 e. The van der Waals surface area contributed by atoms with E-state index in [1.165, 1.54) is 12.7 Å². The van der Waals surface area contributed by atoms with Crippen LogP contribution in [0.4, 0.5) is 0 Å². The number of ether oxygens (including phenoxy) is 1. The largest absolute Gasteiger partial charge is 0.465 e. The van der Waals surface area contributed by atoms with Crippen LogP contribution in [0.15, 0.2) is 29.8 Å². The summed E-state index contributed by atoms with van der Waals surface area (Å²) in [5.74, 6) is 0.306. The van der Waals surface area contributed by atoms with Crippen LogP contribution in [0.1, 0.15) is 54.9 Å². The lowest BCUT2D eigenvalue weighted by atomic mass is 9.67. The summed E-state index contributed by atoms with van der Waals surface area (Å²) < 4.78 is 4.78. The van der Waals surface area contributed by atoms with Crippen molar-refractivity contribution in [3.63, 3.8) is 0 Å². The van der Waals surface area contributed by atoms with Crippen molar-refractivity contribution in [2.75, 3.05) is 7.11 Å². The SMILES string of the molecule is COC(=O)c1cccc(/C=C2/CC[C@H]3C(=O)CCC[C@]23C)c1. The quantitative estimate of drug-likeness (QED) is 0.774. The van der Waals surface area contributed by atoms with Gasteiger partial charge in [-0.15, -0.1) is 0 Å². The molecule has 116 valence electrons. The number of hydrogen-bond acceptors (Lipinski definition) is 3. The molecule has 0 radical (unpaired) electrons. The van der Waals surface area contributed by atoms with Gasteiger partial charge in [-0.25, -0.2) is 4.79 Å². The average molecular weight is 298 g/mol. The van der Waals surface area contributed by atoms with Crippen LogP contribution in [0.3, 0.4) is 0 Å². The predicted molar refractivity (Wildman–Crippen MR) is 85.4 cm³/mol. The zero-order valence-corrected chi connectivity index (χ0v) is 13.2. The minimum absolute atomic E-state index is 0.0105. The number of Topliss-reactive ketones (excluding diaryl/α,β-unsaturated/α-hetero) is 1. The van der Waals surface area contributed by atoms with Crippen LogP contribution in [0.2, 0.25) is 0 Å². The summed E-state index contributed by atoms with van der Waals surface area (Å²) in [6, 6.07) is 7.50. The van der Waals surface area contributed by atoms with Crippen molar-refractivity contribution in [3.05, 3.63) is 41.0 Å². The molecule has 2 atom stereocenters. The lowest BCUT2D eigenvalue weighted by molar-refractivity contribution is -0.127. The van der Waals surface area contributed by atoms with Crippen molar-refractivity contribution in [2.45, 2.75) is 39.0 Å². The molecule has 2 aliphatic carbocycles. The summed E-state index contributed by atoms with van der Waals surface area (Å²) in [7, 11) is 1.39. The van der Waals surface area contributed by atoms with Crippen molar-refractivity contribution < 1.29 is 14.3 Å². The first kappa shape index (κ1) is 15.0. The van der Waals surface area contributed by atoms with E-state index in [-0.39, 0.29) is 17.3 Å². The highest BCUT2D eigenvalue weighted by Gasteiger charge is 2.47. The Labute approximate surface area is 131 Å². The van der Waals surface area contributed by atoms with Gasteiger partial charge in [0.05, 0.1) is 12.7 Å². The van der Waals surface area contributed by atoms with Crippen molar-refractivity contribution >= 4 is 17.8 Å². The maximum atomic E-state index is 12.2. The molecule has 3 nitrogen and oxygen atoms in total. The molecule has 0 aromatic heterocycles. The number of hydrogen-bond donors (Lipinski definition) is 0. The summed E-state index contributed by atoms with van der Waals surface area (Å²) in [4.78, 5) is 23.8. The Morgan fingerprint density at radius 1 is 1.36 bits per heavy atom. The highest BCUT2D eigenvalue weighted by molar-refractivity contribution is 5.90. The summed E-state index contributed by atoms with van der Waals surface area (Å²) in [5.41, 5.74) is 2.94. The third kappa shape index (κ3) is 2.49. The van der Waals surface area contributed by atoms with Crippen LogP contribution < -0.4 is 0 Å². The third-order valence-electron chi connectivity index (χ3n) is 5.36. The number of allylic oxidation sites excluding steroid dienone is 1. The van der Waals surface area contributed by atoms with E-state index in [2.05, 4.69) is 13.0 Å². The first-order valence-corrected chi connectivity index (χ1v) is 7.97. The second-order valence-electron chi connectivity index (χ2n) is 6.62. The molecule has 0 saturated heterocycles. The number of carbonyl (C=O) groups excluding carboxylic acids is 2. The molecular formula is C19H22O3. The number of ketones is 1. The van der Waals surface area contributed by atoms with E-state index in [4.69, 9.17) is 4.74 Å². The summed E-state index contributed by atoms with van der Waals surface area (Å²) >= 11 is 0. The lowest BCUT2D eigenvalue weighted by Crippen LogP contribution is -2.33. The van der Waals surface area contributed by atoms with E-state index < -0.39 is 0 Å². The highest BCUT2D eigenvalue weighted by Crippen LogP contribution is 2.54. The molecule has 22 heavy (non-hydrogen) atoms. The zero-order valence-electron chi connectivity index (χ0n) is 13.2. The van der Waals surface area contributed by atoms with Crippen LogP contribution in [0, 0.1) is 11.3 Å². The number of carbonyl (C=O) groups is 2. The molecule has 3 rings (SSSR count). The topological polar surface area (TPSA) is 43.4 Å². The third-order valence-corrected chi connectivity index (χ3v) is 5.36. The van der Waals surface area contributed by atoms with E-state index >= 15 is 0 Å². The fourth-order valence-electron chi connectivity index (χ4n) is 4.09. The minimum atomic E-state index is -0.316. The van der Waals surface area contributed by atoms with Gasteiger partial charge in [-0.3, -0.25) is 4.79 Å². The molecule has 2 saturated carbocycles. The molecule has 0 aliphatic heterocycles. The number of esters is 1. The fraction of sp³-hybridized carbons (Fsp3) is 0.474. The summed E-state index contributed by atoms with van der Waals surface area (Å²) in [6.07, 6.45) is 6.95. The fourth-order valence-corrected chi connectivity index (χ4v) is 4.09. The van der Waals surface area contributed by atoms with Gasteiger partial charge < -0.3 is 4.74 Å². The second kappa shape index (κ2) is 5.71. The van der Waals surface area contributed by atoms with Gasteiger partial charge in [-0.1, -0.05) is 30.7 Å². The molecule has 1 aromatic carbocycles. The van der Waals surface area contributed by atoms with E-state index in [9.17, 15) is 9.59 Å². The Morgan fingerprint density at radius 2 is 2.18 bits per heavy atom. The predicted octanol–water partition coefficient (Wildman–Crippen LogP) is 4.03. The zero-order chi connectivity index (χ0) is 15.7. The van der Waals surface area contributed by atoms with E-state index in [0.29, 0.717) is 11.3 Å². The molecule has 2 aliphatic rings. The molecule has 0 unspecified atom stereocenters. The van der Waals surface area contributed by atoms with Crippen LogP contribution in [-0.2, 0) is 9.53 Å². The van der Waals surface area contributed by atoms with Gasteiger partial charge in [-0.05, 0) is 48.8 Å². The normalized spacial score (nSPS) is 29.5. The van der Waals surface area contributed by atoms with E-state index in [0.717, 1.165) is 37.7 Å². The Balaban J connectivity index is 1.92. The standard InChI is InChI=1S/C19H22O3/c1-19-10-4-7-17(20)16(19)9-8-15(19)12-13-5-3-6-14(11-13)18(21)22-2/h3,5-6,11-12,16H,4,7-10H2,1-2H3/b15-12-/t16-,19+/m0/s1. The first-order valence-electron chi connectivity index (χ1n) is 7.97. The molecule has 0 bridgehead atoms. The van der Waals surface area contributed by atoms with Gasteiger partial charge in [-0.2, -0.15) is 0 Å². The number of fused-ring (bicyclic) bond motifs is 1. The van der Waals surface area contributed by atoms with E-state index in [1.54, 1.807) is 6.07 Å². The van der Waals surface area contributed by atoms with Gasteiger partial charge in [0.25, 0.3) is 0 Å². The molecule has 1 aromatic rings. The molecule has 0 spiro atoms. The molecule has 0 N–H and O–H groups in total. The number of rotatable bonds is 2. The lowest BCUT2D eigenvalue weighted by Gasteiger charge is -2.36. The summed E-state index contributed by atoms with van der Waals surface area (Å²) in [6.45, 7) is 2.23. The maximum absolute atomic E-state index is 12.2. The van der Waals surface area contributed by atoms with Gasteiger partial charge in [0.15, 0.2) is 0 Å². The van der Waals surface area contributed by atoms with E-state index in [1.807, 2.05) is 18.2 Å². The van der Waals surface area contributed by atoms with Gasteiger partial charge in [0.1, 0.15) is 5.78 Å². The van der Waals surface area contributed by atoms with Gasteiger partial charge >= 0.3 is 5.97 Å². The molecular weight excluding hydrogens is 276 g/mol. The Bertz CT molecular complexity index is 644. The number of methoxy groups -OCH3 is 1. The molecule has 0 heterocycles. The smallest absolute Gasteiger partial charge is 0.337 e. The second-order valence-corrected chi connectivity index (χ2v) is 6.62. The number of benzene rings is 1. The van der Waals surface area contributed by atoms with Crippen molar-refractivity contribution in [2.24, 2.45) is 11.3 Å². The summed E-state index contributed by atoms with van der Waals surface area (Å²) in [5, 5.41) is 0. The molecule has 2 fully saturated rings. The average Bonchev–Trinajstić information content (AvgIpc) is 2.85. The Kier molecular flexibility index (Phi) is 3.90. The monoisotopic (exact) mass is 298 g/mol. The molecule has 3 heteroatoms.